The summed E-state index contributed by atoms with van der Waals surface area (Å²) in [5.41, 5.74) is 3.50. The van der Waals surface area contributed by atoms with Crippen molar-refractivity contribution < 1.29 is 9.59 Å². The van der Waals surface area contributed by atoms with E-state index in [2.05, 4.69) is 15.3 Å². The highest BCUT2D eigenvalue weighted by molar-refractivity contribution is 6.01. The van der Waals surface area contributed by atoms with E-state index in [1.165, 1.54) is 6.92 Å². The van der Waals surface area contributed by atoms with Gasteiger partial charge in [0.25, 0.3) is 0 Å². The van der Waals surface area contributed by atoms with Crippen molar-refractivity contribution in [3.8, 4) is 0 Å². The number of hydrogen-bond acceptors (Lipinski definition) is 3. The number of H-pyrrole nitrogens is 1. The maximum atomic E-state index is 12.4. The number of carbonyl (C=O) groups is 2. The summed E-state index contributed by atoms with van der Waals surface area (Å²) >= 11 is 0. The van der Waals surface area contributed by atoms with Crippen LogP contribution in [0.2, 0.25) is 0 Å². The maximum absolute atomic E-state index is 12.4. The molecular weight excluding hydrogens is 364 g/mol. The van der Waals surface area contributed by atoms with Crippen molar-refractivity contribution in [3.05, 3.63) is 72.6 Å². The molecule has 0 atom stereocenters. The van der Waals surface area contributed by atoms with E-state index >= 15 is 0 Å². The number of nitrogens with zero attached hydrogens (tertiary/aromatic N) is 2. The van der Waals surface area contributed by atoms with Crippen molar-refractivity contribution in [3.63, 3.8) is 0 Å². The summed E-state index contributed by atoms with van der Waals surface area (Å²) in [6, 6.07) is 17.5. The molecule has 4 rings (SSSR count). The standard InChI is InChI=1S/C23H22N4O2/c1-16(28)27(21-10-4-6-17-7-5-11-25-23(17)21)13-12-24-22(29)14-18-15-26-20-9-3-2-8-19(18)20/h2-11,15,26H,12-14H2,1H3,(H,24,29). The second-order valence-corrected chi connectivity index (χ2v) is 6.91. The number of rotatable bonds is 6. The fourth-order valence-corrected chi connectivity index (χ4v) is 3.57. The number of amides is 2. The minimum absolute atomic E-state index is 0.0747. The zero-order chi connectivity index (χ0) is 20.2. The lowest BCUT2D eigenvalue weighted by atomic mass is 10.1. The highest BCUT2D eigenvalue weighted by Gasteiger charge is 2.15. The van der Waals surface area contributed by atoms with Crippen molar-refractivity contribution in [1.29, 1.82) is 0 Å². The lowest BCUT2D eigenvalue weighted by Crippen LogP contribution is -2.38. The SMILES string of the molecule is CC(=O)N(CCNC(=O)Cc1c[nH]c2ccccc12)c1cccc2cccnc12. The molecule has 146 valence electrons. The van der Waals surface area contributed by atoms with Crippen LogP contribution in [0.4, 0.5) is 5.69 Å². The first-order chi connectivity index (χ1) is 14.1. The number of anilines is 1. The van der Waals surface area contributed by atoms with Crippen LogP contribution in [-0.2, 0) is 16.0 Å². The predicted octanol–water partition coefficient (Wildman–Crippen LogP) is 3.43. The molecule has 0 unspecified atom stereocenters. The number of benzene rings is 2. The molecule has 0 aliphatic rings. The van der Waals surface area contributed by atoms with Crippen LogP contribution in [0, 0.1) is 0 Å². The van der Waals surface area contributed by atoms with Crippen LogP contribution in [-0.4, -0.2) is 34.9 Å². The van der Waals surface area contributed by atoms with E-state index in [1.54, 1.807) is 11.1 Å². The molecule has 0 aliphatic heterocycles. The lowest BCUT2D eigenvalue weighted by molar-refractivity contribution is -0.121. The van der Waals surface area contributed by atoms with Crippen LogP contribution in [0.3, 0.4) is 0 Å². The topological polar surface area (TPSA) is 78.1 Å². The Bertz CT molecular complexity index is 1180. The molecule has 0 spiro atoms. The third-order valence-corrected chi connectivity index (χ3v) is 4.97. The van der Waals surface area contributed by atoms with Gasteiger partial charge < -0.3 is 15.2 Å². The van der Waals surface area contributed by atoms with Crippen molar-refractivity contribution in [2.75, 3.05) is 18.0 Å². The zero-order valence-corrected chi connectivity index (χ0v) is 16.2. The molecule has 2 heterocycles. The third-order valence-electron chi connectivity index (χ3n) is 4.97. The minimum Gasteiger partial charge on any atom is -0.361 e. The van der Waals surface area contributed by atoms with E-state index in [0.29, 0.717) is 19.5 Å². The molecule has 2 amide bonds. The Hall–Kier alpha value is -3.67. The molecule has 0 aliphatic carbocycles. The first-order valence-electron chi connectivity index (χ1n) is 9.57. The predicted molar refractivity (Wildman–Crippen MR) is 115 cm³/mol. The van der Waals surface area contributed by atoms with Crippen LogP contribution < -0.4 is 10.2 Å². The van der Waals surface area contributed by atoms with Gasteiger partial charge >= 0.3 is 0 Å². The van der Waals surface area contributed by atoms with Crippen molar-refractivity contribution >= 4 is 39.3 Å². The molecule has 4 aromatic rings. The van der Waals surface area contributed by atoms with E-state index in [0.717, 1.165) is 33.1 Å². The van der Waals surface area contributed by atoms with E-state index < -0.39 is 0 Å². The first-order valence-corrected chi connectivity index (χ1v) is 9.57. The van der Waals surface area contributed by atoms with Crippen molar-refractivity contribution in [2.45, 2.75) is 13.3 Å². The molecule has 0 fully saturated rings. The van der Waals surface area contributed by atoms with Gasteiger partial charge in [0.05, 0.1) is 17.6 Å². The number of aromatic nitrogens is 2. The number of para-hydroxylation sites is 2. The van der Waals surface area contributed by atoms with E-state index in [4.69, 9.17) is 0 Å². The van der Waals surface area contributed by atoms with Gasteiger partial charge in [0.2, 0.25) is 11.8 Å². The fraction of sp³-hybridized carbons (Fsp3) is 0.174. The molecule has 0 saturated heterocycles. The highest BCUT2D eigenvalue weighted by atomic mass is 16.2. The van der Waals surface area contributed by atoms with Crippen LogP contribution in [0.1, 0.15) is 12.5 Å². The third kappa shape index (κ3) is 3.96. The molecular formula is C23H22N4O2. The molecule has 2 aromatic heterocycles. The Morgan fingerprint density at radius 1 is 1.07 bits per heavy atom. The summed E-state index contributed by atoms with van der Waals surface area (Å²) in [7, 11) is 0. The second-order valence-electron chi connectivity index (χ2n) is 6.91. The zero-order valence-electron chi connectivity index (χ0n) is 16.2. The molecule has 6 nitrogen and oxygen atoms in total. The van der Waals surface area contributed by atoms with Gasteiger partial charge in [-0.3, -0.25) is 14.6 Å². The van der Waals surface area contributed by atoms with Gasteiger partial charge in [0, 0.05) is 48.7 Å². The minimum atomic E-state index is -0.0889. The van der Waals surface area contributed by atoms with Gasteiger partial charge in [-0.1, -0.05) is 36.4 Å². The summed E-state index contributed by atoms with van der Waals surface area (Å²) in [5.74, 6) is -0.164. The Morgan fingerprint density at radius 3 is 2.76 bits per heavy atom. The van der Waals surface area contributed by atoms with Crippen LogP contribution in [0.5, 0.6) is 0 Å². The fourth-order valence-electron chi connectivity index (χ4n) is 3.57. The van der Waals surface area contributed by atoms with Crippen LogP contribution in [0.15, 0.2) is 67.0 Å². The molecule has 0 saturated carbocycles. The summed E-state index contributed by atoms with van der Waals surface area (Å²) in [6.45, 7) is 2.27. The molecule has 0 bridgehead atoms. The Labute approximate surface area is 168 Å². The number of fused-ring (bicyclic) bond motifs is 2. The summed E-state index contributed by atoms with van der Waals surface area (Å²) < 4.78 is 0. The van der Waals surface area contributed by atoms with E-state index in [1.807, 2.05) is 60.8 Å². The number of aromatic amines is 1. The molecule has 0 radical (unpaired) electrons. The van der Waals surface area contributed by atoms with Gasteiger partial charge in [-0.05, 0) is 23.8 Å². The number of carbonyl (C=O) groups excluding carboxylic acids is 2. The van der Waals surface area contributed by atoms with Crippen molar-refractivity contribution in [2.24, 2.45) is 0 Å². The number of hydrogen-bond donors (Lipinski definition) is 2. The van der Waals surface area contributed by atoms with E-state index in [9.17, 15) is 9.59 Å². The average molecular weight is 386 g/mol. The molecule has 6 heteroatoms. The highest BCUT2D eigenvalue weighted by Crippen LogP contribution is 2.24. The normalized spacial score (nSPS) is 10.9. The molecule has 2 aromatic carbocycles. The van der Waals surface area contributed by atoms with Gasteiger partial charge in [-0.25, -0.2) is 0 Å². The summed E-state index contributed by atoms with van der Waals surface area (Å²) in [4.78, 5) is 33.9. The molecule has 2 N–H and O–H groups in total. The summed E-state index contributed by atoms with van der Waals surface area (Å²) in [5, 5.41) is 4.94. The molecule has 29 heavy (non-hydrogen) atoms. The Kier molecular flexibility index (Phi) is 5.24. The van der Waals surface area contributed by atoms with Crippen molar-refractivity contribution in [1.82, 2.24) is 15.3 Å². The number of nitrogens with one attached hydrogen (secondary N) is 2. The average Bonchev–Trinajstić information content (AvgIpc) is 3.13. The van der Waals surface area contributed by atoms with Gasteiger partial charge in [0.1, 0.15) is 0 Å². The smallest absolute Gasteiger partial charge is 0.224 e. The largest absolute Gasteiger partial charge is 0.361 e. The Morgan fingerprint density at radius 2 is 1.90 bits per heavy atom. The summed E-state index contributed by atoms with van der Waals surface area (Å²) in [6.07, 6.45) is 3.88. The quantitative estimate of drug-likeness (QED) is 0.533. The van der Waals surface area contributed by atoms with E-state index in [-0.39, 0.29) is 11.8 Å². The van der Waals surface area contributed by atoms with Gasteiger partial charge in [-0.15, -0.1) is 0 Å². The first kappa shape index (κ1) is 18.7. The van der Waals surface area contributed by atoms with Crippen LogP contribution >= 0.6 is 0 Å². The maximum Gasteiger partial charge on any atom is 0.224 e. The lowest BCUT2D eigenvalue weighted by Gasteiger charge is -2.22. The monoisotopic (exact) mass is 386 g/mol. The number of pyridine rings is 1. The Balaban J connectivity index is 1.42. The van der Waals surface area contributed by atoms with Gasteiger partial charge in [0.15, 0.2) is 0 Å². The van der Waals surface area contributed by atoms with Gasteiger partial charge in [-0.2, -0.15) is 0 Å². The van der Waals surface area contributed by atoms with Crippen LogP contribution in [0.25, 0.3) is 21.8 Å². The second kappa shape index (κ2) is 8.14.